The van der Waals surface area contributed by atoms with E-state index in [1.165, 1.54) is 48.0 Å². The van der Waals surface area contributed by atoms with E-state index in [0.717, 1.165) is 0 Å². The van der Waals surface area contributed by atoms with Crippen molar-refractivity contribution in [2.24, 2.45) is 0 Å². The Morgan fingerprint density at radius 3 is 2.11 bits per heavy atom. The maximum atomic E-state index is 4.46. The van der Waals surface area contributed by atoms with Gasteiger partial charge in [-0.2, -0.15) is 0 Å². The van der Waals surface area contributed by atoms with Crippen molar-refractivity contribution in [3.63, 3.8) is 0 Å². The van der Waals surface area contributed by atoms with Crippen molar-refractivity contribution in [2.75, 3.05) is 0 Å². The number of aryl methyl sites for hydroxylation is 1. The van der Waals surface area contributed by atoms with E-state index in [4.69, 9.17) is 0 Å². The SMILES string of the molecule is Cc1ccc(-c2c3ccccc3c(Sc3ccccc3)c3ccncc23)cc1. The van der Waals surface area contributed by atoms with Gasteiger partial charge >= 0.3 is 0 Å². The summed E-state index contributed by atoms with van der Waals surface area (Å²) < 4.78 is 0. The molecule has 0 aliphatic carbocycles. The minimum atomic E-state index is 1.20. The Labute approximate surface area is 169 Å². The molecule has 5 aromatic rings. The third kappa shape index (κ3) is 2.96. The van der Waals surface area contributed by atoms with Gasteiger partial charge in [0.1, 0.15) is 0 Å². The average Bonchev–Trinajstić information content (AvgIpc) is 2.75. The molecule has 0 saturated carbocycles. The molecule has 0 radical (unpaired) electrons. The maximum Gasteiger partial charge on any atom is 0.0353 e. The molecule has 0 spiro atoms. The van der Waals surface area contributed by atoms with Gasteiger partial charge < -0.3 is 0 Å². The molecule has 0 aliphatic rings. The topological polar surface area (TPSA) is 12.9 Å². The lowest BCUT2D eigenvalue weighted by Gasteiger charge is -2.16. The van der Waals surface area contributed by atoms with Crippen LogP contribution in [0.4, 0.5) is 0 Å². The number of fused-ring (bicyclic) bond motifs is 2. The Hall–Kier alpha value is -3.10. The lowest BCUT2D eigenvalue weighted by Crippen LogP contribution is -1.90. The van der Waals surface area contributed by atoms with Crippen LogP contribution < -0.4 is 0 Å². The first-order valence-electron chi connectivity index (χ1n) is 9.39. The van der Waals surface area contributed by atoms with Gasteiger partial charge in [0.05, 0.1) is 0 Å². The predicted octanol–water partition coefficient (Wildman–Crippen LogP) is 7.51. The summed E-state index contributed by atoms with van der Waals surface area (Å²) in [6.07, 6.45) is 3.90. The van der Waals surface area contributed by atoms with E-state index in [2.05, 4.69) is 96.8 Å². The molecule has 0 fully saturated rings. The Morgan fingerprint density at radius 1 is 0.643 bits per heavy atom. The van der Waals surface area contributed by atoms with Crippen LogP contribution in [0.15, 0.2) is 107 Å². The van der Waals surface area contributed by atoms with Crippen LogP contribution in [0.25, 0.3) is 32.7 Å². The molecule has 2 heteroatoms. The van der Waals surface area contributed by atoms with Crippen molar-refractivity contribution < 1.29 is 0 Å². The number of aromatic nitrogens is 1. The summed E-state index contributed by atoms with van der Waals surface area (Å²) in [7, 11) is 0. The second-order valence-corrected chi connectivity index (χ2v) is 8.04. The minimum Gasteiger partial charge on any atom is -0.264 e. The summed E-state index contributed by atoms with van der Waals surface area (Å²) in [6, 6.07) is 30.2. The quantitative estimate of drug-likeness (QED) is 0.302. The Balaban J connectivity index is 1.87. The molecule has 0 aliphatic heterocycles. The molecule has 1 nitrogen and oxygen atoms in total. The molecule has 1 aromatic heterocycles. The van der Waals surface area contributed by atoms with Crippen LogP contribution >= 0.6 is 11.8 Å². The monoisotopic (exact) mass is 377 g/mol. The molecule has 0 bridgehead atoms. The van der Waals surface area contributed by atoms with Crippen LogP contribution in [-0.4, -0.2) is 4.98 Å². The average molecular weight is 378 g/mol. The summed E-state index contributed by atoms with van der Waals surface area (Å²) in [5.41, 5.74) is 3.76. The van der Waals surface area contributed by atoms with E-state index in [9.17, 15) is 0 Å². The largest absolute Gasteiger partial charge is 0.264 e. The van der Waals surface area contributed by atoms with Gasteiger partial charge in [-0.3, -0.25) is 4.98 Å². The Kier molecular flexibility index (Phi) is 4.34. The lowest BCUT2D eigenvalue weighted by molar-refractivity contribution is 1.36. The minimum absolute atomic E-state index is 1.20. The van der Waals surface area contributed by atoms with Gasteiger partial charge in [0, 0.05) is 27.6 Å². The number of nitrogens with zero attached hydrogens (tertiary/aromatic N) is 1. The predicted molar refractivity (Wildman–Crippen MR) is 120 cm³/mol. The Morgan fingerprint density at radius 2 is 1.32 bits per heavy atom. The highest BCUT2D eigenvalue weighted by Crippen LogP contribution is 2.44. The highest BCUT2D eigenvalue weighted by Gasteiger charge is 2.16. The molecular formula is C26H19NS. The second-order valence-electron chi connectivity index (χ2n) is 6.95. The van der Waals surface area contributed by atoms with Crippen LogP contribution in [0.1, 0.15) is 5.56 Å². The fourth-order valence-corrected chi connectivity index (χ4v) is 4.83. The molecule has 5 rings (SSSR count). The number of hydrogen-bond donors (Lipinski definition) is 0. The number of pyridine rings is 1. The van der Waals surface area contributed by atoms with Gasteiger partial charge in [0.15, 0.2) is 0 Å². The molecular weight excluding hydrogens is 358 g/mol. The van der Waals surface area contributed by atoms with Gasteiger partial charge in [-0.05, 0) is 52.4 Å². The van der Waals surface area contributed by atoms with Crippen molar-refractivity contribution in [1.29, 1.82) is 0 Å². The number of rotatable bonds is 3. The molecule has 0 amide bonds. The van der Waals surface area contributed by atoms with E-state index >= 15 is 0 Å². The molecule has 4 aromatic carbocycles. The van der Waals surface area contributed by atoms with E-state index < -0.39 is 0 Å². The third-order valence-electron chi connectivity index (χ3n) is 5.08. The summed E-state index contributed by atoms with van der Waals surface area (Å²) in [4.78, 5) is 6.99. The van der Waals surface area contributed by atoms with Gasteiger partial charge in [0.25, 0.3) is 0 Å². The zero-order valence-electron chi connectivity index (χ0n) is 15.6. The molecule has 1 heterocycles. The van der Waals surface area contributed by atoms with Crippen molar-refractivity contribution >= 4 is 33.3 Å². The fraction of sp³-hybridized carbons (Fsp3) is 0.0385. The fourth-order valence-electron chi connectivity index (χ4n) is 3.73. The van der Waals surface area contributed by atoms with Crippen molar-refractivity contribution in [3.05, 3.63) is 103 Å². The van der Waals surface area contributed by atoms with Crippen LogP contribution in [0.3, 0.4) is 0 Å². The van der Waals surface area contributed by atoms with Gasteiger partial charge in [0.2, 0.25) is 0 Å². The highest BCUT2D eigenvalue weighted by molar-refractivity contribution is 7.99. The third-order valence-corrected chi connectivity index (χ3v) is 6.23. The Bertz CT molecular complexity index is 1220. The first kappa shape index (κ1) is 17.0. The summed E-state index contributed by atoms with van der Waals surface area (Å²) >= 11 is 1.83. The van der Waals surface area contributed by atoms with Gasteiger partial charge in [-0.1, -0.05) is 84.1 Å². The van der Waals surface area contributed by atoms with Gasteiger partial charge in [-0.15, -0.1) is 0 Å². The van der Waals surface area contributed by atoms with Gasteiger partial charge in [-0.25, -0.2) is 0 Å². The van der Waals surface area contributed by atoms with E-state index in [1.807, 2.05) is 24.2 Å². The standard InChI is InChI=1S/C26H19NS/c1-18-11-13-19(14-12-18)25-21-9-5-6-10-22(21)26(23-15-16-27-17-24(23)25)28-20-7-3-2-4-8-20/h2-17H,1H3. The van der Waals surface area contributed by atoms with E-state index in [-0.39, 0.29) is 0 Å². The smallest absolute Gasteiger partial charge is 0.0353 e. The van der Waals surface area contributed by atoms with Crippen molar-refractivity contribution in [3.8, 4) is 11.1 Å². The summed E-state index contributed by atoms with van der Waals surface area (Å²) in [5, 5.41) is 5.00. The maximum absolute atomic E-state index is 4.46. The first-order valence-corrected chi connectivity index (χ1v) is 10.2. The summed E-state index contributed by atoms with van der Waals surface area (Å²) in [5.74, 6) is 0. The molecule has 0 N–H and O–H groups in total. The normalized spacial score (nSPS) is 11.2. The molecule has 28 heavy (non-hydrogen) atoms. The summed E-state index contributed by atoms with van der Waals surface area (Å²) in [6.45, 7) is 2.13. The molecule has 134 valence electrons. The number of benzene rings is 4. The first-order chi connectivity index (χ1) is 13.8. The second kappa shape index (κ2) is 7.14. The molecule has 0 saturated heterocycles. The van der Waals surface area contributed by atoms with E-state index in [0.29, 0.717) is 0 Å². The molecule has 0 atom stereocenters. The van der Waals surface area contributed by atoms with Crippen LogP contribution in [-0.2, 0) is 0 Å². The zero-order valence-corrected chi connectivity index (χ0v) is 16.4. The zero-order chi connectivity index (χ0) is 18.9. The van der Waals surface area contributed by atoms with Crippen molar-refractivity contribution in [2.45, 2.75) is 16.7 Å². The lowest BCUT2D eigenvalue weighted by atomic mass is 9.92. The molecule has 0 unspecified atom stereocenters. The van der Waals surface area contributed by atoms with Crippen LogP contribution in [0.5, 0.6) is 0 Å². The highest BCUT2D eigenvalue weighted by atomic mass is 32.2. The number of hydrogen-bond acceptors (Lipinski definition) is 2. The van der Waals surface area contributed by atoms with Crippen LogP contribution in [0, 0.1) is 6.92 Å². The van der Waals surface area contributed by atoms with Crippen LogP contribution in [0.2, 0.25) is 0 Å². The van der Waals surface area contributed by atoms with Crippen molar-refractivity contribution in [1.82, 2.24) is 4.98 Å². The van der Waals surface area contributed by atoms with E-state index in [1.54, 1.807) is 0 Å².